The molecule has 1 N–H and O–H groups in total. The van der Waals surface area contributed by atoms with Crippen LogP contribution in [-0.4, -0.2) is 36.9 Å². The predicted octanol–water partition coefficient (Wildman–Crippen LogP) is 2.56. The highest BCUT2D eigenvalue weighted by atomic mass is 16.2. The number of hydrogen-bond donors (Lipinski definition) is 1. The van der Waals surface area contributed by atoms with Crippen LogP contribution in [0, 0.1) is 18.3 Å². The fourth-order valence-electron chi connectivity index (χ4n) is 3.56. The number of nitrogens with one attached hydrogen (secondary N) is 1. The Morgan fingerprint density at radius 3 is 2.50 bits per heavy atom. The summed E-state index contributed by atoms with van der Waals surface area (Å²) < 4.78 is 0. The molecule has 4 heteroatoms. The van der Waals surface area contributed by atoms with E-state index in [4.69, 9.17) is 6.42 Å². The number of carbonyl (C=O) groups excluding carboxylic acids is 2. The largest absolute Gasteiger partial charge is 0.358 e. The second-order valence-corrected chi connectivity index (χ2v) is 6.42. The van der Waals surface area contributed by atoms with Gasteiger partial charge in [0.2, 0.25) is 5.91 Å². The average molecular weight is 326 g/mol. The van der Waals surface area contributed by atoms with Gasteiger partial charge in [-0.15, -0.1) is 6.42 Å². The van der Waals surface area contributed by atoms with E-state index in [1.165, 1.54) is 29.7 Å². The zero-order valence-corrected chi connectivity index (χ0v) is 14.3. The van der Waals surface area contributed by atoms with Gasteiger partial charge in [-0.05, 0) is 30.2 Å². The summed E-state index contributed by atoms with van der Waals surface area (Å²) in [6, 6.07) is 10.3. The minimum Gasteiger partial charge on any atom is -0.358 e. The van der Waals surface area contributed by atoms with E-state index in [2.05, 4.69) is 23.4 Å². The Kier molecular flexibility index (Phi) is 6.87. The molecule has 0 heterocycles. The number of amides is 2. The van der Waals surface area contributed by atoms with Crippen LogP contribution in [0.1, 0.15) is 43.6 Å². The van der Waals surface area contributed by atoms with Gasteiger partial charge >= 0.3 is 0 Å². The number of hydrogen-bond acceptors (Lipinski definition) is 2. The zero-order valence-electron chi connectivity index (χ0n) is 14.3. The fraction of sp³-hybridized carbons (Fsp3) is 0.500. The maximum absolute atomic E-state index is 12.1. The monoisotopic (exact) mass is 326 g/mol. The Morgan fingerprint density at radius 1 is 1.25 bits per heavy atom. The van der Waals surface area contributed by atoms with Gasteiger partial charge in [0, 0.05) is 19.5 Å². The van der Waals surface area contributed by atoms with Crippen LogP contribution in [0.15, 0.2) is 30.3 Å². The van der Waals surface area contributed by atoms with Crippen molar-refractivity contribution in [1.29, 1.82) is 0 Å². The Morgan fingerprint density at radius 2 is 1.92 bits per heavy atom. The molecule has 0 aromatic heterocycles. The molecule has 4 nitrogen and oxygen atoms in total. The average Bonchev–Trinajstić information content (AvgIpc) is 2.65. The van der Waals surface area contributed by atoms with Crippen LogP contribution < -0.4 is 5.32 Å². The third-order valence-electron chi connectivity index (χ3n) is 4.89. The highest BCUT2D eigenvalue weighted by molar-refractivity contribution is 5.95. The molecule has 0 bridgehead atoms. The minimum atomic E-state index is -0.421. The molecule has 1 unspecified atom stereocenters. The second kappa shape index (κ2) is 9.12. The molecule has 0 aliphatic heterocycles. The lowest BCUT2D eigenvalue weighted by Gasteiger charge is -2.34. The lowest BCUT2D eigenvalue weighted by molar-refractivity contribution is -0.132. The standard InChI is InChI=1S/C20H26N2O2/c1-3-20(24)22(15-19(23)21-2)14-18(16-10-6-4-7-11-16)17-12-8-5-9-13-17/h1,4,6-7,10-11,17-18H,5,8-9,12-15H2,2H3,(H,21,23). The lowest BCUT2D eigenvalue weighted by atomic mass is 9.76. The van der Waals surface area contributed by atoms with Gasteiger partial charge in [0.05, 0.1) is 0 Å². The van der Waals surface area contributed by atoms with Crippen LogP contribution in [-0.2, 0) is 9.59 Å². The third kappa shape index (κ3) is 4.86. The van der Waals surface area contributed by atoms with Crippen molar-refractivity contribution < 1.29 is 9.59 Å². The molecule has 1 fully saturated rings. The van der Waals surface area contributed by atoms with Crippen molar-refractivity contribution in [3.8, 4) is 12.3 Å². The molecule has 2 amide bonds. The SMILES string of the molecule is C#CC(=O)N(CC(=O)NC)CC(c1ccccc1)C1CCCCC1. The van der Waals surface area contributed by atoms with Crippen LogP contribution in [0.2, 0.25) is 0 Å². The van der Waals surface area contributed by atoms with Crippen molar-refractivity contribution >= 4 is 11.8 Å². The first kappa shape index (κ1) is 18.1. The van der Waals surface area contributed by atoms with Crippen molar-refractivity contribution in [2.45, 2.75) is 38.0 Å². The fourth-order valence-corrected chi connectivity index (χ4v) is 3.56. The molecule has 0 saturated heterocycles. The zero-order chi connectivity index (χ0) is 17.4. The number of benzene rings is 1. The van der Waals surface area contributed by atoms with E-state index < -0.39 is 5.91 Å². The molecule has 24 heavy (non-hydrogen) atoms. The van der Waals surface area contributed by atoms with Gasteiger partial charge in [-0.3, -0.25) is 9.59 Å². The normalized spacial score (nSPS) is 16.0. The summed E-state index contributed by atoms with van der Waals surface area (Å²) in [4.78, 5) is 25.4. The van der Waals surface area contributed by atoms with E-state index in [-0.39, 0.29) is 18.4 Å². The smallest absolute Gasteiger partial charge is 0.298 e. The van der Waals surface area contributed by atoms with Crippen LogP contribution in [0.5, 0.6) is 0 Å². The van der Waals surface area contributed by atoms with Gasteiger partial charge in [0.1, 0.15) is 6.54 Å². The Bertz CT molecular complexity index is 585. The molecule has 0 radical (unpaired) electrons. The van der Waals surface area contributed by atoms with E-state index in [0.717, 1.165) is 12.8 Å². The highest BCUT2D eigenvalue weighted by Crippen LogP contribution is 2.36. The third-order valence-corrected chi connectivity index (χ3v) is 4.89. The maximum Gasteiger partial charge on any atom is 0.298 e. The van der Waals surface area contributed by atoms with Crippen molar-refractivity contribution in [3.05, 3.63) is 35.9 Å². The van der Waals surface area contributed by atoms with E-state index in [1.807, 2.05) is 18.2 Å². The summed E-state index contributed by atoms with van der Waals surface area (Å²) in [6.45, 7) is 0.501. The summed E-state index contributed by atoms with van der Waals surface area (Å²) >= 11 is 0. The van der Waals surface area contributed by atoms with Gasteiger partial charge in [-0.1, -0.05) is 49.6 Å². The highest BCUT2D eigenvalue weighted by Gasteiger charge is 2.28. The number of likely N-dealkylation sites (N-methyl/N-ethyl adjacent to an activating group) is 1. The van der Waals surface area contributed by atoms with Crippen molar-refractivity contribution in [2.75, 3.05) is 20.1 Å². The first-order valence-corrected chi connectivity index (χ1v) is 8.66. The van der Waals surface area contributed by atoms with Crippen LogP contribution in [0.25, 0.3) is 0 Å². The van der Waals surface area contributed by atoms with Gasteiger partial charge in [-0.2, -0.15) is 0 Å². The number of carbonyl (C=O) groups is 2. The molecular weight excluding hydrogens is 300 g/mol. The molecule has 1 aromatic carbocycles. The first-order chi connectivity index (χ1) is 11.7. The molecule has 128 valence electrons. The lowest BCUT2D eigenvalue weighted by Crippen LogP contribution is -2.42. The summed E-state index contributed by atoms with van der Waals surface area (Å²) in [7, 11) is 1.57. The summed E-state index contributed by atoms with van der Waals surface area (Å²) in [5.74, 6) is 2.28. The van der Waals surface area contributed by atoms with E-state index >= 15 is 0 Å². The molecule has 1 saturated carbocycles. The van der Waals surface area contributed by atoms with Gasteiger partial charge in [-0.25, -0.2) is 0 Å². The molecular formula is C20H26N2O2. The van der Waals surface area contributed by atoms with Crippen molar-refractivity contribution in [3.63, 3.8) is 0 Å². The molecule has 0 spiro atoms. The Balaban J connectivity index is 2.22. The Labute approximate surface area is 144 Å². The number of terminal acetylenes is 1. The molecule has 1 atom stereocenters. The molecule has 1 aromatic rings. The van der Waals surface area contributed by atoms with Crippen LogP contribution in [0.3, 0.4) is 0 Å². The summed E-state index contributed by atoms with van der Waals surface area (Å²) in [5.41, 5.74) is 1.22. The predicted molar refractivity (Wildman–Crippen MR) is 95.2 cm³/mol. The summed E-state index contributed by atoms with van der Waals surface area (Å²) in [5, 5.41) is 2.57. The second-order valence-electron chi connectivity index (χ2n) is 6.42. The van der Waals surface area contributed by atoms with Gasteiger partial charge in [0.15, 0.2) is 0 Å². The summed E-state index contributed by atoms with van der Waals surface area (Å²) in [6.07, 6.45) is 11.4. The maximum atomic E-state index is 12.1. The van der Waals surface area contributed by atoms with Crippen LogP contribution in [0.4, 0.5) is 0 Å². The molecule has 2 rings (SSSR count). The van der Waals surface area contributed by atoms with E-state index in [1.54, 1.807) is 7.05 Å². The quantitative estimate of drug-likeness (QED) is 0.817. The minimum absolute atomic E-state index is 0.00951. The van der Waals surface area contributed by atoms with Gasteiger partial charge in [0.25, 0.3) is 5.91 Å². The first-order valence-electron chi connectivity index (χ1n) is 8.66. The van der Waals surface area contributed by atoms with Gasteiger partial charge < -0.3 is 10.2 Å². The molecule has 1 aliphatic carbocycles. The van der Waals surface area contributed by atoms with E-state index in [0.29, 0.717) is 12.5 Å². The topological polar surface area (TPSA) is 49.4 Å². The Hall–Kier alpha value is -2.28. The molecule has 1 aliphatic rings. The van der Waals surface area contributed by atoms with Crippen LogP contribution >= 0.6 is 0 Å². The number of nitrogens with zero attached hydrogens (tertiary/aromatic N) is 1. The van der Waals surface area contributed by atoms with Crippen molar-refractivity contribution in [2.24, 2.45) is 5.92 Å². The van der Waals surface area contributed by atoms with Crippen molar-refractivity contribution in [1.82, 2.24) is 10.2 Å². The van der Waals surface area contributed by atoms with E-state index in [9.17, 15) is 9.59 Å². The number of rotatable bonds is 6.